The van der Waals surface area contributed by atoms with Crippen LogP contribution in [0.1, 0.15) is 33.6 Å². The molecule has 0 aromatic heterocycles. The van der Waals surface area contributed by atoms with E-state index >= 15 is 0 Å². The van der Waals surface area contributed by atoms with Crippen molar-refractivity contribution in [2.24, 2.45) is 5.92 Å². The molecule has 0 bridgehead atoms. The van der Waals surface area contributed by atoms with Gasteiger partial charge < -0.3 is 15.1 Å². The Labute approximate surface area is 171 Å². The van der Waals surface area contributed by atoms with Gasteiger partial charge in [0.15, 0.2) is 0 Å². The van der Waals surface area contributed by atoms with Gasteiger partial charge in [-0.3, -0.25) is 9.59 Å². The molecule has 8 nitrogen and oxygen atoms in total. The number of hydrogen-bond acceptors (Lipinski definition) is 5. The number of nitrogens with zero attached hydrogens (tertiary/aromatic N) is 2. The molecule has 2 aromatic carbocycles. The maximum atomic E-state index is 13.8. The van der Waals surface area contributed by atoms with Crippen molar-refractivity contribution in [1.82, 2.24) is 9.96 Å². The predicted octanol–water partition coefficient (Wildman–Crippen LogP) is 2.82. The summed E-state index contributed by atoms with van der Waals surface area (Å²) in [7, 11) is 0. The number of urea groups is 1. The molecule has 4 rings (SSSR count). The number of hydrogen-bond donors (Lipinski definition) is 1. The molecule has 1 unspecified atom stereocenters. The van der Waals surface area contributed by atoms with Crippen LogP contribution < -0.4 is 5.32 Å². The van der Waals surface area contributed by atoms with E-state index in [-0.39, 0.29) is 23.4 Å². The van der Waals surface area contributed by atoms with Crippen LogP contribution in [0, 0.1) is 11.7 Å². The molecule has 1 atom stereocenters. The van der Waals surface area contributed by atoms with Crippen molar-refractivity contribution in [2.75, 3.05) is 18.4 Å². The van der Waals surface area contributed by atoms with Gasteiger partial charge in [0.2, 0.25) is 0 Å². The van der Waals surface area contributed by atoms with E-state index in [4.69, 9.17) is 4.84 Å². The monoisotopic (exact) mass is 411 g/mol. The molecule has 0 radical (unpaired) electrons. The molecule has 1 saturated heterocycles. The summed E-state index contributed by atoms with van der Waals surface area (Å²) in [6.45, 7) is 0.416. The van der Waals surface area contributed by atoms with Crippen molar-refractivity contribution in [3.63, 3.8) is 0 Å². The molecule has 2 aromatic rings. The quantitative estimate of drug-likeness (QED) is 0.784. The summed E-state index contributed by atoms with van der Waals surface area (Å²) in [5.41, 5.74) is 0.382. The number of para-hydroxylation sites is 1. The van der Waals surface area contributed by atoms with Gasteiger partial charge in [-0.1, -0.05) is 29.3 Å². The van der Waals surface area contributed by atoms with Crippen molar-refractivity contribution in [3.8, 4) is 0 Å². The average Bonchev–Trinajstić information content (AvgIpc) is 3.00. The summed E-state index contributed by atoms with van der Waals surface area (Å²) < 4.78 is 13.8. The van der Waals surface area contributed by atoms with Gasteiger partial charge >= 0.3 is 12.0 Å². The number of benzene rings is 2. The van der Waals surface area contributed by atoms with Gasteiger partial charge in [0.1, 0.15) is 5.82 Å². The highest BCUT2D eigenvalue weighted by Gasteiger charge is 2.40. The minimum atomic E-state index is -0.770. The average molecular weight is 411 g/mol. The van der Waals surface area contributed by atoms with Crippen molar-refractivity contribution in [3.05, 3.63) is 65.5 Å². The second kappa shape index (κ2) is 7.94. The Morgan fingerprint density at radius 3 is 2.30 bits per heavy atom. The highest BCUT2D eigenvalue weighted by molar-refractivity contribution is 6.20. The molecular weight excluding hydrogens is 393 g/mol. The van der Waals surface area contributed by atoms with Crippen LogP contribution in [0.25, 0.3) is 0 Å². The summed E-state index contributed by atoms with van der Waals surface area (Å²) in [6, 6.07) is 11.4. The van der Waals surface area contributed by atoms with Crippen molar-refractivity contribution < 1.29 is 28.4 Å². The first-order chi connectivity index (χ1) is 14.5. The van der Waals surface area contributed by atoms with Crippen LogP contribution in [-0.2, 0) is 9.63 Å². The lowest BCUT2D eigenvalue weighted by molar-refractivity contribution is -0.175. The first-order valence-corrected chi connectivity index (χ1v) is 9.46. The maximum Gasteiger partial charge on any atom is 0.338 e. The third-order valence-corrected chi connectivity index (χ3v) is 5.10. The van der Waals surface area contributed by atoms with Gasteiger partial charge in [-0.05, 0) is 37.1 Å². The number of amides is 4. The Morgan fingerprint density at radius 2 is 1.63 bits per heavy atom. The molecule has 2 aliphatic heterocycles. The number of carbonyl (C=O) groups excluding carboxylic acids is 4. The second-order valence-corrected chi connectivity index (χ2v) is 7.06. The van der Waals surface area contributed by atoms with E-state index in [0.29, 0.717) is 24.4 Å². The van der Waals surface area contributed by atoms with Crippen LogP contribution >= 0.6 is 0 Å². The predicted molar refractivity (Wildman–Crippen MR) is 103 cm³/mol. The van der Waals surface area contributed by atoms with Gasteiger partial charge in [0.25, 0.3) is 11.8 Å². The minimum Gasteiger partial charge on any atom is -0.329 e. The third kappa shape index (κ3) is 3.61. The van der Waals surface area contributed by atoms with E-state index in [0.717, 1.165) is 0 Å². The molecule has 30 heavy (non-hydrogen) atoms. The smallest absolute Gasteiger partial charge is 0.329 e. The standard InChI is InChI=1S/C21H18FN3O5/c22-16-9-3-4-10-17(16)23-21(29)24-11-5-6-13(12-24)20(28)30-25-18(26)14-7-1-2-8-15(14)19(25)27/h1-4,7-10,13H,5-6,11-12H2,(H,23,29). The Morgan fingerprint density at radius 1 is 1.00 bits per heavy atom. The number of fused-ring (bicyclic) bond motifs is 1. The normalized spacial score (nSPS) is 18.2. The summed E-state index contributed by atoms with van der Waals surface area (Å²) >= 11 is 0. The molecule has 2 heterocycles. The third-order valence-electron chi connectivity index (χ3n) is 5.10. The van der Waals surface area contributed by atoms with E-state index in [1.165, 1.54) is 35.2 Å². The molecule has 1 fully saturated rings. The first-order valence-electron chi connectivity index (χ1n) is 9.46. The Hall–Kier alpha value is -3.75. The lowest BCUT2D eigenvalue weighted by Gasteiger charge is -2.31. The van der Waals surface area contributed by atoms with Gasteiger partial charge in [-0.2, -0.15) is 0 Å². The van der Waals surface area contributed by atoms with Gasteiger partial charge in [-0.15, -0.1) is 0 Å². The first kappa shape index (κ1) is 19.6. The number of nitrogens with one attached hydrogen (secondary N) is 1. The Kier molecular flexibility index (Phi) is 5.18. The van der Waals surface area contributed by atoms with Crippen molar-refractivity contribution >= 4 is 29.5 Å². The highest BCUT2D eigenvalue weighted by Crippen LogP contribution is 2.25. The summed E-state index contributed by atoms with van der Waals surface area (Å²) in [5.74, 6) is -3.45. The highest BCUT2D eigenvalue weighted by atomic mass is 19.1. The fraction of sp³-hybridized carbons (Fsp3) is 0.238. The number of anilines is 1. The number of imide groups is 1. The largest absolute Gasteiger partial charge is 0.338 e. The lowest BCUT2D eigenvalue weighted by Crippen LogP contribution is -2.46. The number of likely N-dealkylation sites (tertiary alicyclic amines) is 1. The molecule has 0 spiro atoms. The fourth-order valence-electron chi connectivity index (χ4n) is 3.53. The van der Waals surface area contributed by atoms with Crippen molar-refractivity contribution in [2.45, 2.75) is 12.8 Å². The van der Waals surface area contributed by atoms with Gasteiger partial charge in [-0.25, -0.2) is 14.0 Å². The number of hydroxylamine groups is 2. The molecule has 1 N–H and O–H groups in total. The molecular formula is C21H18FN3O5. The molecule has 0 saturated carbocycles. The molecule has 0 aliphatic carbocycles. The van der Waals surface area contributed by atoms with E-state index in [9.17, 15) is 23.6 Å². The van der Waals surface area contributed by atoms with Gasteiger partial charge in [0, 0.05) is 13.1 Å². The van der Waals surface area contributed by atoms with E-state index in [2.05, 4.69) is 5.32 Å². The zero-order valence-electron chi connectivity index (χ0n) is 15.8. The van der Waals surface area contributed by atoms with E-state index in [1.807, 2.05) is 0 Å². The van der Waals surface area contributed by atoms with E-state index in [1.54, 1.807) is 18.2 Å². The topological polar surface area (TPSA) is 96.0 Å². The van der Waals surface area contributed by atoms with Crippen LogP contribution in [0.15, 0.2) is 48.5 Å². The number of carbonyl (C=O) groups is 4. The number of halogens is 1. The Balaban J connectivity index is 1.39. The molecule has 4 amide bonds. The molecule has 9 heteroatoms. The zero-order valence-corrected chi connectivity index (χ0v) is 15.8. The van der Waals surface area contributed by atoms with Crippen LogP contribution in [0.4, 0.5) is 14.9 Å². The zero-order chi connectivity index (χ0) is 21.3. The second-order valence-electron chi connectivity index (χ2n) is 7.06. The molecule has 2 aliphatic rings. The summed E-state index contributed by atoms with van der Waals surface area (Å²) in [5, 5.41) is 2.94. The van der Waals surface area contributed by atoms with Crippen LogP contribution in [0.2, 0.25) is 0 Å². The summed E-state index contributed by atoms with van der Waals surface area (Å²) in [6.07, 6.45) is 0.956. The lowest BCUT2D eigenvalue weighted by atomic mass is 9.98. The maximum absolute atomic E-state index is 13.8. The fourth-order valence-corrected chi connectivity index (χ4v) is 3.53. The van der Waals surface area contributed by atoms with E-state index < -0.39 is 35.5 Å². The van der Waals surface area contributed by atoms with Crippen LogP contribution in [0.5, 0.6) is 0 Å². The van der Waals surface area contributed by atoms with Crippen molar-refractivity contribution in [1.29, 1.82) is 0 Å². The Bertz CT molecular complexity index is 1010. The van der Waals surface area contributed by atoms with Gasteiger partial charge in [0.05, 0.1) is 22.7 Å². The number of rotatable bonds is 3. The molecule has 154 valence electrons. The number of piperidine rings is 1. The van der Waals surface area contributed by atoms with Crippen LogP contribution in [-0.4, -0.2) is 46.9 Å². The summed E-state index contributed by atoms with van der Waals surface area (Å²) in [4.78, 5) is 56.2. The SMILES string of the molecule is O=C(ON1C(=O)c2ccccc2C1=O)C1CCCN(C(=O)Nc2ccccc2F)C1. The van der Waals surface area contributed by atoms with Crippen LogP contribution in [0.3, 0.4) is 0 Å². The minimum absolute atomic E-state index is 0.0300.